The third kappa shape index (κ3) is 2.95. The summed E-state index contributed by atoms with van der Waals surface area (Å²) in [4.78, 5) is 11.9. The van der Waals surface area contributed by atoms with Crippen molar-refractivity contribution in [2.45, 2.75) is 20.4 Å². The van der Waals surface area contributed by atoms with E-state index < -0.39 is 0 Å². The number of nitrogens with zero attached hydrogens (tertiary/aromatic N) is 4. The Morgan fingerprint density at radius 2 is 1.92 bits per heavy atom. The lowest BCUT2D eigenvalue weighted by Crippen LogP contribution is -2.06. The fourth-order valence-electron chi connectivity index (χ4n) is 2.88. The quantitative estimate of drug-likeness (QED) is 0.571. The molecule has 26 heavy (non-hydrogen) atoms. The molecule has 4 rings (SSSR count). The second-order valence-electron chi connectivity index (χ2n) is 6.13. The second-order valence-corrected chi connectivity index (χ2v) is 6.13. The summed E-state index contributed by atoms with van der Waals surface area (Å²) < 4.78 is 7.01. The monoisotopic (exact) mass is 347 g/mol. The molecule has 7 heteroatoms. The van der Waals surface area contributed by atoms with E-state index in [2.05, 4.69) is 20.8 Å². The maximum atomic E-state index is 11.9. The number of tetrazole rings is 1. The number of fused-ring (bicyclic) bond motifs is 1. The van der Waals surface area contributed by atoms with Gasteiger partial charge in [-0.3, -0.25) is 0 Å². The molecular weight excluding hydrogens is 330 g/mol. The molecule has 1 N–H and O–H groups in total. The van der Waals surface area contributed by atoms with Gasteiger partial charge in [0, 0.05) is 23.7 Å². The number of aryl methyl sites for hydroxylation is 2. The molecule has 0 bridgehead atoms. The van der Waals surface area contributed by atoms with Crippen LogP contribution in [-0.2, 0) is 6.54 Å². The molecule has 4 aromatic rings. The predicted octanol–water partition coefficient (Wildman–Crippen LogP) is 3.00. The van der Waals surface area contributed by atoms with E-state index in [1.54, 1.807) is 17.1 Å². The summed E-state index contributed by atoms with van der Waals surface area (Å²) in [5.74, 6) is 0. The van der Waals surface area contributed by atoms with Crippen molar-refractivity contribution in [2.24, 2.45) is 0 Å². The summed E-state index contributed by atoms with van der Waals surface area (Å²) in [6.07, 6.45) is 1.54. The van der Waals surface area contributed by atoms with Crippen LogP contribution < -0.4 is 10.9 Å². The molecular formula is C19H17N5O2. The number of anilines is 1. The largest absolute Gasteiger partial charge is 0.422 e. The van der Waals surface area contributed by atoms with Gasteiger partial charge in [-0.05, 0) is 65.2 Å². The SMILES string of the molecule is Cc1ccc2c(CNc3ccc(-n4cnnn4)cc3)cc(=O)oc2c1C. The number of aromatic nitrogens is 4. The molecule has 0 saturated heterocycles. The van der Waals surface area contributed by atoms with E-state index in [1.165, 1.54) is 0 Å². The lowest BCUT2D eigenvalue weighted by atomic mass is 10.0. The zero-order valence-corrected chi connectivity index (χ0v) is 14.4. The van der Waals surface area contributed by atoms with Crippen molar-refractivity contribution in [3.63, 3.8) is 0 Å². The normalized spacial score (nSPS) is 11.0. The molecule has 0 saturated carbocycles. The Bertz CT molecular complexity index is 1120. The summed E-state index contributed by atoms with van der Waals surface area (Å²) in [5, 5.41) is 15.4. The summed E-state index contributed by atoms with van der Waals surface area (Å²) in [6, 6.07) is 13.3. The van der Waals surface area contributed by atoms with E-state index in [0.29, 0.717) is 12.1 Å². The van der Waals surface area contributed by atoms with Gasteiger partial charge in [-0.1, -0.05) is 12.1 Å². The van der Waals surface area contributed by atoms with Gasteiger partial charge < -0.3 is 9.73 Å². The standard InChI is InChI=1S/C19H17N5O2/c1-12-3-8-17-14(9-18(25)26-19(17)13(12)2)10-20-15-4-6-16(7-5-15)24-11-21-22-23-24/h3-9,11,20H,10H2,1-2H3. The first-order chi connectivity index (χ1) is 12.6. The third-order valence-electron chi connectivity index (χ3n) is 4.48. The fourth-order valence-corrected chi connectivity index (χ4v) is 2.88. The van der Waals surface area contributed by atoms with Crippen molar-refractivity contribution in [1.82, 2.24) is 20.2 Å². The average Bonchev–Trinajstić information content (AvgIpc) is 3.18. The van der Waals surface area contributed by atoms with E-state index >= 15 is 0 Å². The van der Waals surface area contributed by atoms with Crippen LogP contribution in [0.25, 0.3) is 16.7 Å². The summed E-state index contributed by atoms with van der Waals surface area (Å²) in [6.45, 7) is 4.50. The maximum Gasteiger partial charge on any atom is 0.336 e. The van der Waals surface area contributed by atoms with Gasteiger partial charge >= 0.3 is 5.63 Å². The molecule has 2 aromatic heterocycles. The number of rotatable bonds is 4. The molecule has 0 atom stereocenters. The van der Waals surface area contributed by atoms with Gasteiger partial charge in [0.1, 0.15) is 11.9 Å². The molecule has 0 aliphatic rings. The van der Waals surface area contributed by atoms with Crippen molar-refractivity contribution < 1.29 is 4.42 Å². The molecule has 7 nitrogen and oxygen atoms in total. The van der Waals surface area contributed by atoms with Crippen molar-refractivity contribution >= 4 is 16.7 Å². The molecule has 0 spiro atoms. The van der Waals surface area contributed by atoms with Gasteiger partial charge in [0.15, 0.2) is 0 Å². The van der Waals surface area contributed by atoms with Crippen LogP contribution in [0.4, 0.5) is 5.69 Å². The van der Waals surface area contributed by atoms with Crippen molar-refractivity contribution in [2.75, 3.05) is 5.32 Å². The molecule has 130 valence electrons. The highest BCUT2D eigenvalue weighted by atomic mass is 16.4. The number of nitrogens with one attached hydrogen (secondary N) is 1. The first-order valence-electron chi connectivity index (χ1n) is 8.22. The van der Waals surface area contributed by atoms with E-state index in [-0.39, 0.29) is 5.63 Å². The Morgan fingerprint density at radius 3 is 2.65 bits per heavy atom. The molecule has 2 aromatic carbocycles. The molecule has 0 aliphatic carbocycles. The van der Waals surface area contributed by atoms with Gasteiger partial charge in [-0.15, -0.1) is 5.10 Å². The van der Waals surface area contributed by atoms with Crippen LogP contribution in [0.5, 0.6) is 0 Å². The van der Waals surface area contributed by atoms with Crippen LogP contribution in [0, 0.1) is 13.8 Å². The minimum atomic E-state index is -0.336. The highest BCUT2D eigenvalue weighted by Gasteiger charge is 2.09. The van der Waals surface area contributed by atoms with E-state index in [4.69, 9.17) is 4.42 Å². The van der Waals surface area contributed by atoms with Gasteiger partial charge in [0.05, 0.1) is 5.69 Å². The van der Waals surface area contributed by atoms with Crippen LogP contribution in [0.15, 0.2) is 58.0 Å². The van der Waals surface area contributed by atoms with E-state index in [0.717, 1.165) is 33.5 Å². The van der Waals surface area contributed by atoms with Crippen molar-refractivity contribution in [3.05, 3.63) is 75.9 Å². The van der Waals surface area contributed by atoms with Crippen LogP contribution in [0.2, 0.25) is 0 Å². The molecule has 2 heterocycles. The Labute approximate surface area is 149 Å². The minimum absolute atomic E-state index is 0.336. The highest BCUT2D eigenvalue weighted by Crippen LogP contribution is 2.24. The van der Waals surface area contributed by atoms with E-state index in [1.807, 2.05) is 50.2 Å². The van der Waals surface area contributed by atoms with Crippen molar-refractivity contribution in [1.29, 1.82) is 0 Å². The Balaban J connectivity index is 1.60. The third-order valence-corrected chi connectivity index (χ3v) is 4.48. The molecule has 0 amide bonds. The van der Waals surface area contributed by atoms with Gasteiger partial charge in [0.25, 0.3) is 0 Å². The van der Waals surface area contributed by atoms with Crippen LogP contribution >= 0.6 is 0 Å². The lowest BCUT2D eigenvalue weighted by Gasteiger charge is -2.11. The van der Waals surface area contributed by atoms with Crippen LogP contribution in [0.1, 0.15) is 16.7 Å². The van der Waals surface area contributed by atoms with Gasteiger partial charge in [-0.25, -0.2) is 9.48 Å². The average molecular weight is 347 g/mol. The smallest absolute Gasteiger partial charge is 0.336 e. The first kappa shape index (κ1) is 16.0. The summed E-state index contributed by atoms with van der Waals surface area (Å²) in [5.41, 5.74) is 5.13. The number of benzene rings is 2. The highest BCUT2D eigenvalue weighted by molar-refractivity contribution is 5.84. The maximum absolute atomic E-state index is 11.9. The Morgan fingerprint density at radius 1 is 1.12 bits per heavy atom. The molecule has 0 fully saturated rings. The predicted molar refractivity (Wildman–Crippen MR) is 98.4 cm³/mol. The fraction of sp³-hybridized carbons (Fsp3) is 0.158. The van der Waals surface area contributed by atoms with Crippen LogP contribution in [-0.4, -0.2) is 20.2 Å². The minimum Gasteiger partial charge on any atom is -0.422 e. The Kier molecular flexibility index (Phi) is 3.96. The lowest BCUT2D eigenvalue weighted by molar-refractivity contribution is 0.556. The van der Waals surface area contributed by atoms with Gasteiger partial charge in [-0.2, -0.15) is 0 Å². The van der Waals surface area contributed by atoms with Crippen molar-refractivity contribution in [3.8, 4) is 5.69 Å². The zero-order chi connectivity index (χ0) is 18.1. The summed E-state index contributed by atoms with van der Waals surface area (Å²) in [7, 11) is 0. The number of hydrogen-bond acceptors (Lipinski definition) is 6. The number of hydrogen-bond donors (Lipinski definition) is 1. The molecule has 0 radical (unpaired) electrons. The first-order valence-corrected chi connectivity index (χ1v) is 8.22. The Hall–Kier alpha value is -3.48. The topological polar surface area (TPSA) is 85.8 Å². The second kappa shape index (κ2) is 6.44. The molecule has 0 unspecified atom stereocenters. The van der Waals surface area contributed by atoms with Gasteiger partial charge in [0.2, 0.25) is 0 Å². The van der Waals surface area contributed by atoms with Crippen LogP contribution in [0.3, 0.4) is 0 Å². The van der Waals surface area contributed by atoms with E-state index in [9.17, 15) is 4.79 Å². The molecule has 0 aliphatic heterocycles. The summed E-state index contributed by atoms with van der Waals surface area (Å²) >= 11 is 0. The zero-order valence-electron chi connectivity index (χ0n) is 14.4.